The highest BCUT2D eigenvalue weighted by Crippen LogP contribution is 2.51. The number of rotatable bonds is 2. The van der Waals surface area contributed by atoms with Gasteiger partial charge in [-0.3, -0.25) is 4.90 Å². The molecule has 2 heterocycles. The Labute approximate surface area is 142 Å². The number of benzene rings is 2. The SMILES string of the molecule is C#CCN1CCC2(CC1)OC(c1ccc(O)cc1)c1ccccc12. The maximum Gasteiger partial charge on any atom is 0.115 e. The van der Waals surface area contributed by atoms with E-state index in [-0.39, 0.29) is 17.5 Å². The number of ether oxygens (including phenoxy) is 1. The van der Waals surface area contributed by atoms with Crippen LogP contribution in [-0.4, -0.2) is 29.6 Å². The summed E-state index contributed by atoms with van der Waals surface area (Å²) in [7, 11) is 0. The minimum atomic E-state index is -0.218. The molecule has 0 amide bonds. The topological polar surface area (TPSA) is 32.7 Å². The fourth-order valence-electron chi connectivity index (χ4n) is 3.98. The Morgan fingerprint density at radius 1 is 1.12 bits per heavy atom. The molecular weight excluding hydrogens is 298 g/mol. The Morgan fingerprint density at radius 2 is 1.83 bits per heavy atom. The van der Waals surface area contributed by atoms with E-state index in [9.17, 15) is 5.11 Å². The van der Waals surface area contributed by atoms with E-state index >= 15 is 0 Å². The number of hydrogen-bond acceptors (Lipinski definition) is 3. The minimum absolute atomic E-state index is 0.0685. The van der Waals surface area contributed by atoms with Crippen LogP contribution in [0.2, 0.25) is 0 Å². The van der Waals surface area contributed by atoms with Crippen LogP contribution in [0.3, 0.4) is 0 Å². The number of fused-ring (bicyclic) bond motifs is 2. The van der Waals surface area contributed by atoms with E-state index in [2.05, 4.69) is 35.1 Å². The van der Waals surface area contributed by atoms with Crippen LogP contribution in [0.15, 0.2) is 48.5 Å². The van der Waals surface area contributed by atoms with Crippen molar-refractivity contribution in [3.8, 4) is 18.1 Å². The van der Waals surface area contributed by atoms with Crippen molar-refractivity contribution in [2.45, 2.75) is 24.5 Å². The van der Waals surface area contributed by atoms with Crippen LogP contribution in [0.5, 0.6) is 5.75 Å². The first-order chi connectivity index (χ1) is 11.7. The highest BCUT2D eigenvalue weighted by molar-refractivity contribution is 5.44. The zero-order chi connectivity index (χ0) is 16.6. The van der Waals surface area contributed by atoms with Crippen molar-refractivity contribution in [3.63, 3.8) is 0 Å². The second-order valence-corrected chi connectivity index (χ2v) is 6.65. The standard InChI is InChI=1S/C21H21NO2/c1-2-13-22-14-11-21(12-15-22)19-6-4-3-5-18(19)20(24-21)16-7-9-17(23)10-8-16/h1,3-10,20,23H,11-15H2. The van der Waals surface area contributed by atoms with Gasteiger partial charge in [-0.1, -0.05) is 42.3 Å². The number of piperidine rings is 1. The van der Waals surface area contributed by atoms with E-state index in [0.29, 0.717) is 6.54 Å². The molecule has 3 nitrogen and oxygen atoms in total. The first-order valence-electron chi connectivity index (χ1n) is 8.44. The molecule has 1 atom stereocenters. The number of terminal acetylenes is 1. The summed E-state index contributed by atoms with van der Waals surface area (Å²) in [6, 6.07) is 15.9. The van der Waals surface area contributed by atoms with Gasteiger partial charge < -0.3 is 9.84 Å². The molecule has 2 aromatic rings. The Hall–Kier alpha value is -2.28. The summed E-state index contributed by atoms with van der Waals surface area (Å²) in [6.07, 6.45) is 7.30. The summed E-state index contributed by atoms with van der Waals surface area (Å²) in [4.78, 5) is 2.31. The van der Waals surface area contributed by atoms with Crippen molar-refractivity contribution in [1.82, 2.24) is 4.90 Å². The first-order valence-corrected chi connectivity index (χ1v) is 8.44. The third kappa shape index (κ3) is 2.49. The van der Waals surface area contributed by atoms with Gasteiger partial charge in [0.2, 0.25) is 0 Å². The molecule has 0 aromatic heterocycles. The van der Waals surface area contributed by atoms with Crippen molar-refractivity contribution in [2.24, 2.45) is 0 Å². The molecule has 1 unspecified atom stereocenters. The number of hydrogen-bond donors (Lipinski definition) is 1. The van der Waals surface area contributed by atoms with Crippen LogP contribution in [-0.2, 0) is 10.3 Å². The van der Waals surface area contributed by atoms with Crippen molar-refractivity contribution in [3.05, 3.63) is 65.2 Å². The normalized spacial score (nSPS) is 22.2. The van der Waals surface area contributed by atoms with Gasteiger partial charge in [-0.25, -0.2) is 0 Å². The third-order valence-electron chi connectivity index (χ3n) is 5.25. The Kier molecular flexibility index (Phi) is 3.80. The lowest BCUT2D eigenvalue weighted by atomic mass is 9.83. The van der Waals surface area contributed by atoms with E-state index in [1.807, 2.05) is 12.1 Å². The smallest absolute Gasteiger partial charge is 0.115 e. The molecule has 1 saturated heterocycles. The lowest BCUT2D eigenvalue weighted by Gasteiger charge is -2.39. The van der Waals surface area contributed by atoms with Crippen LogP contribution in [0.1, 0.15) is 35.6 Å². The molecule has 4 rings (SSSR count). The van der Waals surface area contributed by atoms with Crippen molar-refractivity contribution in [2.75, 3.05) is 19.6 Å². The molecule has 3 heteroatoms. The predicted molar refractivity (Wildman–Crippen MR) is 93.7 cm³/mol. The highest BCUT2D eigenvalue weighted by atomic mass is 16.5. The van der Waals surface area contributed by atoms with Crippen LogP contribution in [0, 0.1) is 12.3 Å². The zero-order valence-electron chi connectivity index (χ0n) is 13.6. The Morgan fingerprint density at radius 3 is 2.54 bits per heavy atom. The molecule has 0 radical (unpaired) electrons. The second-order valence-electron chi connectivity index (χ2n) is 6.65. The largest absolute Gasteiger partial charge is 0.508 e. The molecule has 1 N–H and O–H groups in total. The van der Waals surface area contributed by atoms with E-state index in [1.54, 1.807) is 12.1 Å². The summed E-state index contributed by atoms with van der Waals surface area (Å²) in [5.74, 6) is 3.02. The fourth-order valence-corrected chi connectivity index (χ4v) is 3.98. The molecule has 0 saturated carbocycles. The molecule has 0 bridgehead atoms. The molecule has 122 valence electrons. The second kappa shape index (κ2) is 5.98. The molecule has 0 aliphatic carbocycles. The summed E-state index contributed by atoms with van der Waals surface area (Å²) in [6.45, 7) is 2.63. The van der Waals surface area contributed by atoms with Gasteiger partial charge in [0.25, 0.3) is 0 Å². The number of likely N-dealkylation sites (tertiary alicyclic amines) is 1. The lowest BCUT2D eigenvalue weighted by Crippen LogP contribution is -2.42. The molecule has 1 fully saturated rings. The summed E-state index contributed by atoms with van der Waals surface area (Å²) >= 11 is 0. The predicted octanol–water partition coefficient (Wildman–Crippen LogP) is 3.44. The molecule has 1 spiro atoms. The quantitative estimate of drug-likeness (QED) is 0.861. The van der Waals surface area contributed by atoms with Gasteiger partial charge in [-0.2, -0.15) is 0 Å². The van der Waals surface area contributed by atoms with Crippen LogP contribution >= 0.6 is 0 Å². The summed E-state index contributed by atoms with van der Waals surface area (Å²) in [5, 5.41) is 9.55. The third-order valence-corrected chi connectivity index (χ3v) is 5.25. The van der Waals surface area contributed by atoms with Crippen molar-refractivity contribution < 1.29 is 9.84 Å². The van der Waals surface area contributed by atoms with E-state index in [4.69, 9.17) is 11.2 Å². The van der Waals surface area contributed by atoms with Crippen LogP contribution in [0.25, 0.3) is 0 Å². The van der Waals surface area contributed by atoms with Gasteiger partial charge in [0.15, 0.2) is 0 Å². The van der Waals surface area contributed by atoms with Crippen LogP contribution < -0.4 is 0 Å². The van der Waals surface area contributed by atoms with Gasteiger partial charge in [-0.15, -0.1) is 6.42 Å². The number of nitrogens with zero attached hydrogens (tertiary/aromatic N) is 1. The Balaban J connectivity index is 1.67. The lowest BCUT2D eigenvalue weighted by molar-refractivity contribution is -0.0954. The molecule has 2 aliphatic rings. The zero-order valence-corrected chi connectivity index (χ0v) is 13.6. The summed E-state index contributed by atoms with van der Waals surface area (Å²) in [5.41, 5.74) is 3.42. The van der Waals surface area contributed by atoms with E-state index < -0.39 is 0 Å². The van der Waals surface area contributed by atoms with Gasteiger partial charge >= 0.3 is 0 Å². The van der Waals surface area contributed by atoms with E-state index in [1.165, 1.54) is 11.1 Å². The van der Waals surface area contributed by atoms with Crippen molar-refractivity contribution >= 4 is 0 Å². The van der Waals surface area contributed by atoms with Crippen LogP contribution in [0.4, 0.5) is 0 Å². The number of phenols is 1. The molecule has 24 heavy (non-hydrogen) atoms. The maximum absolute atomic E-state index is 9.55. The molecule has 2 aromatic carbocycles. The fraction of sp³-hybridized carbons (Fsp3) is 0.333. The van der Waals surface area contributed by atoms with E-state index in [0.717, 1.165) is 31.5 Å². The average Bonchev–Trinajstić information content (AvgIpc) is 2.93. The average molecular weight is 319 g/mol. The maximum atomic E-state index is 9.55. The highest BCUT2D eigenvalue weighted by Gasteiger charge is 2.46. The monoisotopic (exact) mass is 319 g/mol. The molecule has 2 aliphatic heterocycles. The van der Waals surface area contributed by atoms with Gasteiger partial charge in [0.1, 0.15) is 11.9 Å². The first kappa shape index (κ1) is 15.3. The van der Waals surface area contributed by atoms with Gasteiger partial charge in [0, 0.05) is 13.1 Å². The Bertz CT molecular complexity index is 767. The molecular formula is C21H21NO2. The summed E-state index contributed by atoms with van der Waals surface area (Å²) < 4.78 is 6.65. The van der Waals surface area contributed by atoms with Crippen molar-refractivity contribution in [1.29, 1.82) is 0 Å². The minimum Gasteiger partial charge on any atom is -0.508 e. The van der Waals surface area contributed by atoms with Gasteiger partial charge in [-0.05, 0) is 41.7 Å². The number of aromatic hydroxyl groups is 1. The van der Waals surface area contributed by atoms with Gasteiger partial charge in [0.05, 0.1) is 12.1 Å². The number of phenolic OH excluding ortho intramolecular Hbond substituents is 1.